The van der Waals surface area contributed by atoms with Gasteiger partial charge in [-0.15, -0.1) is 24.0 Å². The van der Waals surface area contributed by atoms with Gasteiger partial charge in [-0.05, 0) is 64.6 Å². The summed E-state index contributed by atoms with van der Waals surface area (Å²) in [7, 11) is 0. The molecule has 4 nitrogen and oxygen atoms in total. The smallest absolute Gasteiger partial charge is 0.191 e. The summed E-state index contributed by atoms with van der Waals surface area (Å²) in [6.45, 7) is 6.96. The van der Waals surface area contributed by atoms with Crippen molar-refractivity contribution in [2.45, 2.75) is 44.9 Å². The molecule has 0 aromatic carbocycles. The summed E-state index contributed by atoms with van der Waals surface area (Å²) >= 11 is 0. The van der Waals surface area contributed by atoms with Crippen molar-refractivity contribution in [1.29, 1.82) is 0 Å². The van der Waals surface area contributed by atoms with Crippen molar-refractivity contribution in [1.82, 2.24) is 9.80 Å². The normalized spacial score (nSPS) is 21.5. The molecular formula is C14H29IN4. The van der Waals surface area contributed by atoms with Crippen LogP contribution in [0.25, 0.3) is 0 Å². The van der Waals surface area contributed by atoms with Crippen LogP contribution in [-0.2, 0) is 0 Å². The highest BCUT2D eigenvalue weighted by atomic mass is 127. The minimum Gasteiger partial charge on any atom is -0.370 e. The molecule has 0 spiro atoms. The minimum atomic E-state index is 0. The number of hydrogen-bond acceptors (Lipinski definition) is 2. The van der Waals surface area contributed by atoms with E-state index in [1.807, 2.05) is 0 Å². The predicted octanol–water partition coefficient (Wildman–Crippen LogP) is 2.28. The van der Waals surface area contributed by atoms with E-state index in [-0.39, 0.29) is 24.0 Å². The van der Waals surface area contributed by atoms with Crippen LogP contribution in [0, 0.1) is 0 Å². The highest BCUT2D eigenvalue weighted by molar-refractivity contribution is 14.0. The Kier molecular flexibility index (Phi) is 8.77. The van der Waals surface area contributed by atoms with Crippen molar-refractivity contribution in [2.24, 2.45) is 10.7 Å². The Balaban J connectivity index is 0.00000180. The van der Waals surface area contributed by atoms with Crippen molar-refractivity contribution in [3.05, 3.63) is 0 Å². The highest BCUT2D eigenvalue weighted by Gasteiger charge is 2.12. The first-order valence-electron chi connectivity index (χ1n) is 7.63. The number of guanidine groups is 1. The van der Waals surface area contributed by atoms with Crippen LogP contribution in [0.4, 0.5) is 0 Å². The topological polar surface area (TPSA) is 44.9 Å². The molecule has 0 amide bonds. The van der Waals surface area contributed by atoms with E-state index < -0.39 is 0 Å². The summed E-state index contributed by atoms with van der Waals surface area (Å²) in [5.74, 6) is 0.774. The Morgan fingerprint density at radius 1 is 0.895 bits per heavy atom. The van der Waals surface area contributed by atoms with Gasteiger partial charge in [0.05, 0.1) is 0 Å². The third-order valence-corrected chi connectivity index (χ3v) is 4.03. The molecule has 112 valence electrons. The molecule has 5 heteroatoms. The molecule has 2 aliphatic rings. The summed E-state index contributed by atoms with van der Waals surface area (Å²) in [5.41, 5.74) is 6.02. The standard InChI is InChI=1S/C14H28N4.HI/c15-14(18-12-3-1-4-13-18)16-8-2-5-9-17-10-6-7-11-17;/h1-13H2,(H2,15,16);1H. The first-order valence-corrected chi connectivity index (χ1v) is 7.63. The SMILES string of the molecule is I.NC(=NCCCCN1CCCC1)N1CCCCC1. The molecule has 0 aromatic heterocycles. The molecule has 2 N–H and O–H groups in total. The average molecular weight is 380 g/mol. The zero-order valence-corrected chi connectivity index (χ0v) is 14.3. The molecule has 2 fully saturated rings. The first kappa shape index (κ1) is 17.0. The van der Waals surface area contributed by atoms with Gasteiger partial charge in [0.25, 0.3) is 0 Å². The van der Waals surface area contributed by atoms with Gasteiger partial charge >= 0.3 is 0 Å². The van der Waals surface area contributed by atoms with E-state index in [1.54, 1.807) is 0 Å². The van der Waals surface area contributed by atoms with Crippen LogP contribution in [0.1, 0.15) is 44.9 Å². The summed E-state index contributed by atoms with van der Waals surface area (Å²) in [5, 5.41) is 0. The fourth-order valence-electron chi connectivity index (χ4n) is 2.87. The molecule has 0 radical (unpaired) electrons. The number of piperidine rings is 1. The maximum absolute atomic E-state index is 6.02. The summed E-state index contributed by atoms with van der Waals surface area (Å²) < 4.78 is 0. The van der Waals surface area contributed by atoms with Gasteiger partial charge in [-0.2, -0.15) is 0 Å². The molecule has 0 aromatic rings. The second-order valence-electron chi connectivity index (χ2n) is 5.54. The van der Waals surface area contributed by atoms with E-state index in [0.29, 0.717) is 0 Å². The van der Waals surface area contributed by atoms with Crippen molar-refractivity contribution >= 4 is 29.9 Å². The minimum absolute atomic E-state index is 0. The lowest BCUT2D eigenvalue weighted by molar-refractivity contribution is 0.329. The number of nitrogens with two attached hydrogens (primary N) is 1. The number of rotatable bonds is 5. The Morgan fingerprint density at radius 2 is 1.53 bits per heavy atom. The Labute approximate surface area is 134 Å². The lowest BCUT2D eigenvalue weighted by Crippen LogP contribution is -2.40. The Bertz CT molecular complexity index is 258. The third kappa shape index (κ3) is 6.29. The lowest BCUT2D eigenvalue weighted by Gasteiger charge is -2.27. The quantitative estimate of drug-likeness (QED) is 0.345. The van der Waals surface area contributed by atoms with Gasteiger partial charge in [0.2, 0.25) is 0 Å². The van der Waals surface area contributed by atoms with Crippen LogP contribution >= 0.6 is 24.0 Å². The predicted molar refractivity (Wildman–Crippen MR) is 92.2 cm³/mol. The Hall–Kier alpha value is -0.0400. The Morgan fingerprint density at radius 3 is 2.21 bits per heavy atom. The maximum atomic E-state index is 6.02. The molecule has 0 aliphatic carbocycles. The molecule has 0 saturated carbocycles. The second-order valence-corrected chi connectivity index (χ2v) is 5.54. The molecule has 2 rings (SSSR count). The number of hydrogen-bond donors (Lipinski definition) is 1. The van der Waals surface area contributed by atoms with Gasteiger partial charge < -0.3 is 15.5 Å². The number of unbranched alkanes of at least 4 members (excludes halogenated alkanes) is 1. The molecule has 0 unspecified atom stereocenters. The number of likely N-dealkylation sites (tertiary alicyclic amines) is 2. The van der Waals surface area contributed by atoms with Crippen LogP contribution in [0.3, 0.4) is 0 Å². The van der Waals surface area contributed by atoms with Gasteiger partial charge in [-0.25, -0.2) is 0 Å². The molecular weight excluding hydrogens is 351 g/mol. The van der Waals surface area contributed by atoms with Crippen molar-refractivity contribution in [3.63, 3.8) is 0 Å². The van der Waals surface area contributed by atoms with Gasteiger partial charge in [0.15, 0.2) is 5.96 Å². The highest BCUT2D eigenvalue weighted by Crippen LogP contribution is 2.09. The van der Waals surface area contributed by atoms with Gasteiger partial charge in [-0.3, -0.25) is 4.99 Å². The molecule has 19 heavy (non-hydrogen) atoms. The number of nitrogens with zero attached hydrogens (tertiary/aromatic N) is 3. The van der Waals surface area contributed by atoms with Crippen molar-refractivity contribution in [3.8, 4) is 0 Å². The third-order valence-electron chi connectivity index (χ3n) is 4.03. The molecule has 0 bridgehead atoms. The second kappa shape index (κ2) is 9.80. The number of halogens is 1. The van der Waals surface area contributed by atoms with Crippen LogP contribution < -0.4 is 5.73 Å². The van der Waals surface area contributed by atoms with Gasteiger partial charge in [0, 0.05) is 19.6 Å². The first-order chi connectivity index (χ1) is 8.86. The van der Waals surface area contributed by atoms with Crippen LogP contribution in [-0.4, -0.2) is 55.0 Å². The molecule has 2 heterocycles. The molecule has 2 aliphatic heterocycles. The average Bonchev–Trinajstić information content (AvgIpc) is 2.92. The zero-order valence-electron chi connectivity index (χ0n) is 12.0. The molecule has 2 saturated heterocycles. The summed E-state index contributed by atoms with van der Waals surface area (Å²) in [6, 6.07) is 0. The van der Waals surface area contributed by atoms with Crippen LogP contribution in [0.15, 0.2) is 4.99 Å². The van der Waals surface area contributed by atoms with E-state index in [0.717, 1.165) is 25.6 Å². The monoisotopic (exact) mass is 380 g/mol. The lowest BCUT2D eigenvalue weighted by atomic mass is 10.1. The van der Waals surface area contributed by atoms with Crippen LogP contribution in [0.5, 0.6) is 0 Å². The van der Waals surface area contributed by atoms with Crippen LogP contribution in [0.2, 0.25) is 0 Å². The van der Waals surface area contributed by atoms with E-state index in [2.05, 4.69) is 14.8 Å². The van der Waals surface area contributed by atoms with E-state index >= 15 is 0 Å². The van der Waals surface area contributed by atoms with E-state index in [1.165, 1.54) is 64.6 Å². The van der Waals surface area contributed by atoms with E-state index in [4.69, 9.17) is 5.73 Å². The molecule has 0 atom stereocenters. The fraction of sp³-hybridized carbons (Fsp3) is 0.929. The summed E-state index contributed by atoms with van der Waals surface area (Å²) in [4.78, 5) is 9.32. The fourth-order valence-corrected chi connectivity index (χ4v) is 2.87. The van der Waals surface area contributed by atoms with Gasteiger partial charge in [0.1, 0.15) is 0 Å². The zero-order chi connectivity index (χ0) is 12.6. The van der Waals surface area contributed by atoms with E-state index in [9.17, 15) is 0 Å². The summed E-state index contributed by atoms with van der Waals surface area (Å²) in [6.07, 6.45) is 9.10. The largest absolute Gasteiger partial charge is 0.370 e. The van der Waals surface area contributed by atoms with Crippen molar-refractivity contribution in [2.75, 3.05) is 39.3 Å². The number of aliphatic imine (C=N–C) groups is 1. The maximum Gasteiger partial charge on any atom is 0.191 e. The van der Waals surface area contributed by atoms with Crippen molar-refractivity contribution < 1.29 is 0 Å². The van der Waals surface area contributed by atoms with Gasteiger partial charge in [-0.1, -0.05) is 0 Å².